The molecule has 12 heteroatoms. The highest BCUT2D eigenvalue weighted by molar-refractivity contribution is 7.92. The van der Waals surface area contributed by atoms with Gasteiger partial charge in [-0.05, 0) is 36.8 Å². The summed E-state index contributed by atoms with van der Waals surface area (Å²) in [5.41, 5.74) is 1.39. The lowest BCUT2D eigenvalue weighted by atomic mass is 10.2. The van der Waals surface area contributed by atoms with Crippen LogP contribution in [-0.2, 0) is 26.6 Å². The number of nitrogens with one attached hydrogen (secondary N) is 3. The van der Waals surface area contributed by atoms with E-state index in [2.05, 4.69) is 15.4 Å². The molecule has 2 amide bonds. The van der Waals surface area contributed by atoms with E-state index in [-0.39, 0.29) is 28.6 Å². The fourth-order valence-corrected chi connectivity index (χ4v) is 3.99. The van der Waals surface area contributed by atoms with Gasteiger partial charge in [0.05, 0.1) is 23.4 Å². The van der Waals surface area contributed by atoms with Gasteiger partial charge in [-0.1, -0.05) is 12.1 Å². The number of sulfonamides is 2. The summed E-state index contributed by atoms with van der Waals surface area (Å²) in [6, 6.07) is 10.2. The topological polar surface area (TPSA) is 134 Å². The van der Waals surface area contributed by atoms with Gasteiger partial charge in [-0.25, -0.2) is 25.9 Å². The van der Waals surface area contributed by atoms with E-state index in [4.69, 9.17) is 4.74 Å². The second kappa shape index (κ2) is 9.98. The maximum Gasteiger partial charge on any atom is 0.319 e. The number of rotatable bonds is 9. The summed E-state index contributed by atoms with van der Waals surface area (Å²) >= 11 is 0. The first-order valence-corrected chi connectivity index (χ1v) is 12.3. The van der Waals surface area contributed by atoms with E-state index in [1.54, 1.807) is 12.1 Å². The van der Waals surface area contributed by atoms with Gasteiger partial charge in [-0.15, -0.1) is 0 Å². The molecular formula is C19H26N4O6S2. The molecule has 0 heterocycles. The Hall–Kier alpha value is -2.83. The van der Waals surface area contributed by atoms with Gasteiger partial charge in [0, 0.05) is 32.4 Å². The van der Waals surface area contributed by atoms with Gasteiger partial charge in [0.1, 0.15) is 5.75 Å². The van der Waals surface area contributed by atoms with Crippen LogP contribution in [0.25, 0.3) is 0 Å². The van der Waals surface area contributed by atoms with E-state index in [1.165, 1.54) is 58.5 Å². The Labute approximate surface area is 182 Å². The number of hydrogen-bond acceptors (Lipinski definition) is 6. The first-order valence-electron chi connectivity index (χ1n) is 9.23. The predicted octanol–water partition coefficient (Wildman–Crippen LogP) is 2.03. The predicted molar refractivity (Wildman–Crippen MR) is 119 cm³/mol. The van der Waals surface area contributed by atoms with Gasteiger partial charge in [0.15, 0.2) is 0 Å². The summed E-state index contributed by atoms with van der Waals surface area (Å²) in [5, 5.41) is 5.30. The molecule has 0 saturated heterocycles. The van der Waals surface area contributed by atoms with Crippen LogP contribution in [0.15, 0.2) is 47.4 Å². The maximum atomic E-state index is 12.2. The second-order valence-electron chi connectivity index (χ2n) is 6.66. The van der Waals surface area contributed by atoms with Crippen molar-refractivity contribution in [3.63, 3.8) is 0 Å². The van der Waals surface area contributed by atoms with Crippen molar-refractivity contribution in [2.24, 2.45) is 0 Å². The lowest BCUT2D eigenvalue weighted by molar-refractivity contribution is 0.251. The first kappa shape index (κ1) is 24.4. The molecule has 0 bridgehead atoms. The fourth-order valence-electron chi connectivity index (χ4n) is 2.44. The minimum Gasteiger partial charge on any atom is -0.494 e. The average Bonchev–Trinajstić information content (AvgIpc) is 2.73. The van der Waals surface area contributed by atoms with E-state index in [9.17, 15) is 21.6 Å². The van der Waals surface area contributed by atoms with E-state index in [1.807, 2.05) is 0 Å². The molecule has 0 atom stereocenters. The molecule has 2 aromatic carbocycles. The number of amides is 2. The largest absolute Gasteiger partial charge is 0.494 e. The molecular weight excluding hydrogens is 444 g/mol. The van der Waals surface area contributed by atoms with Gasteiger partial charge in [-0.3, -0.25) is 4.72 Å². The number of benzene rings is 2. The van der Waals surface area contributed by atoms with Crippen LogP contribution in [0.5, 0.6) is 5.75 Å². The molecule has 2 rings (SSSR count). The van der Waals surface area contributed by atoms with Crippen molar-refractivity contribution in [2.75, 3.05) is 37.0 Å². The lowest BCUT2D eigenvalue weighted by Crippen LogP contribution is -2.28. The smallest absolute Gasteiger partial charge is 0.319 e. The number of carbonyl (C=O) groups is 1. The summed E-state index contributed by atoms with van der Waals surface area (Å²) < 4.78 is 56.4. The third kappa shape index (κ3) is 6.57. The number of ether oxygens (including phenoxy) is 1. The number of carbonyl (C=O) groups excluding carboxylic acids is 1. The van der Waals surface area contributed by atoms with Crippen LogP contribution in [0.2, 0.25) is 0 Å². The number of nitrogens with zero attached hydrogens (tertiary/aromatic N) is 1. The van der Waals surface area contributed by atoms with Crippen LogP contribution in [0.3, 0.4) is 0 Å². The van der Waals surface area contributed by atoms with E-state index in [0.717, 1.165) is 9.87 Å². The molecule has 0 radical (unpaired) electrons. The zero-order chi connectivity index (χ0) is 23.2. The Bertz CT molecular complexity index is 1130. The normalized spacial score (nSPS) is 11.8. The molecule has 10 nitrogen and oxygen atoms in total. The van der Waals surface area contributed by atoms with Crippen molar-refractivity contribution in [2.45, 2.75) is 18.4 Å². The highest BCUT2D eigenvalue weighted by Gasteiger charge is 2.16. The fraction of sp³-hybridized carbons (Fsp3) is 0.316. The zero-order valence-corrected chi connectivity index (χ0v) is 19.3. The Balaban J connectivity index is 2.00. The molecule has 2 aromatic rings. The third-order valence-corrected chi connectivity index (χ3v) is 7.38. The lowest BCUT2D eigenvalue weighted by Gasteiger charge is -2.14. The van der Waals surface area contributed by atoms with Gasteiger partial charge in [0.2, 0.25) is 20.0 Å². The molecule has 170 valence electrons. The summed E-state index contributed by atoms with van der Waals surface area (Å²) in [6.45, 7) is 1.70. The number of anilines is 2. The van der Waals surface area contributed by atoms with Gasteiger partial charge >= 0.3 is 6.03 Å². The third-order valence-electron chi connectivity index (χ3n) is 4.26. The van der Waals surface area contributed by atoms with Crippen molar-refractivity contribution in [3.05, 3.63) is 48.0 Å². The van der Waals surface area contributed by atoms with E-state index in [0.29, 0.717) is 5.69 Å². The minimum atomic E-state index is -3.51. The maximum absolute atomic E-state index is 12.2. The molecule has 0 aliphatic carbocycles. The Morgan fingerprint density at radius 3 is 2.23 bits per heavy atom. The Morgan fingerprint density at radius 2 is 1.68 bits per heavy atom. The molecule has 0 fully saturated rings. The zero-order valence-electron chi connectivity index (χ0n) is 17.7. The monoisotopic (exact) mass is 470 g/mol. The van der Waals surface area contributed by atoms with Crippen molar-refractivity contribution >= 4 is 37.5 Å². The van der Waals surface area contributed by atoms with Crippen molar-refractivity contribution in [1.29, 1.82) is 0 Å². The second-order valence-corrected chi connectivity index (χ2v) is 10.8. The van der Waals surface area contributed by atoms with Gasteiger partial charge in [0.25, 0.3) is 0 Å². The molecule has 0 aliphatic heterocycles. The quantitative estimate of drug-likeness (QED) is 0.513. The molecule has 0 aromatic heterocycles. The summed E-state index contributed by atoms with van der Waals surface area (Å²) in [5.74, 6) is 0.174. The van der Waals surface area contributed by atoms with Crippen molar-refractivity contribution < 1.29 is 26.4 Å². The summed E-state index contributed by atoms with van der Waals surface area (Å²) in [4.78, 5) is 12.3. The highest BCUT2D eigenvalue weighted by Crippen LogP contribution is 2.28. The van der Waals surface area contributed by atoms with Crippen molar-refractivity contribution in [1.82, 2.24) is 9.62 Å². The SMILES string of the molecule is CCS(=O)(=O)Nc1ccc(NC(=O)NCc2ccc(S(=O)(=O)N(C)C)cc2)cc1OC. The summed E-state index contributed by atoms with van der Waals surface area (Å²) in [6.07, 6.45) is 0. The number of methoxy groups -OCH3 is 1. The van der Waals surface area contributed by atoms with Crippen LogP contribution in [-0.4, -0.2) is 54.1 Å². The highest BCUT2D eigenvalue weighted by atomic mass is 32.2. The van der Waals surface area contributed by atoms with Crippen LogP contribution in [0, 0.1) is 0 Å². The molecule has 0 saturated carbocycles. The molecule has 31 heavy (non-hydrogen) atoms. The van der Waals surface area contributed by atoms with Crippen LogP contribution < -0.4 is 20.1 Å². The molecule has 0 aliphatic rings. The van der Waals surface area contributed by atoms with Crippen LogP contribution in [0.4, 0.5) is 16.2 Å². The molecule has 3 N–H and O–H groups in total. The average molecular weight is 471 g/mol. The first-order chi connectivity index (χ1) is 14.5. The van der Waals surface area contributed by atoms with E-state index < -0.39 is 26.1 Å². The Kier molecular flexibility index (Phi) is 7.87. The van der Waals surface area contributed by atoms with Crippen LogP contribution in [0.1, 0.15) is 12.5 Å². The minimum absolute atomic E-state index is 0.0827. The Morgan fingerprint density at radius 1 is 1.03 bits per heavy atom. The van der Waals surface area contributed by atoms with Crippen LogP contribution >= 0.6 is 0 Å². The number of urea groups is 1. The number of hydrogen-bond donors (Lipinski definition) is 3. The molecule has 0 unspecified atom stereocenters. The van der Waals surface area contributed by atoms with Crippen molar-refractivity contribution in [3.8, 4) is 5.75 Å². The summed E-state index contributed by atoms with van der Waals surface area (Å²) in [7, 11) is -2.68. The van der Waals surface area contributed by atoms with Gasteiger partial charge < -0.3 is 15.4 Å². The molecule has 0 spiro atoms. The standard InChI is InChI=1S/C19H26N4O6S2/c1-5-30(25,26)22-17-11-8-15(12-18(17)29-4)21-19(24)20-13-14-6-9-16(10-7-14)31(27,28)23(2)3/h6-12,22H,5,13H2,1-4H3,(H2,20,21,24). The van der Waals surface area contributed by atoms with Gasteiger partial charge in [-0.2, -0.15) is 0 Å². The van der Waals surface area contributed by atoms with E-state index >= 15 is 0 Å².